The zero-order valence-corrected chi connectivity index (χ0v) is 9.91. The quantitative estimate of drug-likeness (QED) is 0.627. The van der Waals surface area contributed by atoms with Gasteiger partial charge in [-0.1, -0.05) is 0 Å². The highest BCUT2D eigenvalue weighted by Crippen LogP contribution is 2.33. The summed E-state index contributed by atoms with van der Waals surface area (Å²) in [7, 11) is 1.36. The van der Waals surface area contributed by atoms with Crippen molar-refractivity contribution in [2.24, 2.45) is 0 Å². The van der Waals surface area contributed by atoms with Crippen LogP contribution in [-0.4, -0.2) is 13.4 Å². The van der Waals surface area contributed by atoms with E-state index in [1.807, 2.05) is 0 Å². The van der Waals surface area contributed by atoms with Gasteiger partial charge >= 0.3 is 0 Å². The smallest absolute Gasteiger partial charge is 0.195 e. The summed E-state index contributed by atoms with van der Waals surface area (Å²) in [6.45, 7) is 0. The maximum Gasteiger partial charge on any atom is 0.195 e. The lowest BCUT2D eigenvalue weighted by Crippen LogP contribution is -1.97. The highest BCUT2D eigenvalue weighted by Gasteiger charge is 2.17. The Bertz CT molecular complexity index is 639. The molecule has 0 aromatic heterocycles. The van der Waals surface area contributed by atoms with Crippen molar-refractivity contribution in [3.05, 3.63) is 53.3 Å². The zero-order chi connectivity index (χ0) is 14.0. The number of aldehydes is 1. The van der Waals surface area contributed by atoms with Gasteiger partial charge in [0.05, 0.1) is 7.11 Å². The van der Waals surface area contributed by atoms with Gasteiger partial charge < -0.3 is 4.74 Å². The molecule has 0 atom stereocenters. The second kappa shape index (κ2) is 5.14. The van der Waals surface area contributed by atoms with E-state index in [9.17, 15) is 18.0 Å². The molecule has 0 N–H and O–H groups in total. The van der Waals surface area contributed by atoms with Crippen LogP contribution in [0.3, 0.4) is 0 Å². The largest absolute Gasteiger partial charge is 0.496 e. The van der Waals surface area contributed by atoms with E-state index >= 15 is 0 Å². The molecule has 0 spiro atoms. The SMILES string of the molecule is COc1ccc(C=O)cc1-c1ccc(F)c(F)c1F. The first-order chi connectivity index (χ1) is 9.08. The summed E-state index contributed by atoms with van der Waals surface area (Å²) in [5.74, 6) is -3.89. The van der Waals surface area contributed by atoms with E-state index in [0.717, 1.165) is 12.1 Å². The first-order valence-electron chi connectivity index (χ1n) is 5.35. The minimum atomic E-state index is -1.56. The molecule has 0 fully saturated rings. The third kappa shape index (κ3) is 2.31. The topological polar surface area (TPSA) is 26.3 Å². The van der Waals surface area contributed by atoms with Crippen LogP contribution in [0, 0.1) is 17.5 Å². The molecule has 2 aromatic rings. The lowest BCUT2D eigenvalue weighted by molar-refractivity contribution is 0.112. The van der Waals surface area contributed by atoms with Gasteiger partial charge in [-0.15, -0.1) is 0 Å². The Morgan fingerprint density at radius 3 is 2.37 bits per heavy atom. The number of carbonyl (C=O) groups is 1. The summed E-state index contributed by atoms with van der Waals surface area (Å²) in [6, 6.07) is 6.20. The van der Waals surface area contributed by atoms with Crippen molar-refractivity contribution in [1.29, 1.82) is 0 Å². The molecule has 0 aliphatic rings. The number of carbonyl (C=O) groups excluding carboxylic acids is 1. The molecule has 0 unspecified atom stereocenters. The lowest BCUT2D eigenvalue weighted by atomic mass is 10.0. The summed E-state index contributed by atoms with van der Waals surface area (Å²) in [4.78, 5) is 10.7. The number of methoxy groups -OCH3 is 1. The Balaban J connectivity index is 2.70. The number of benzene rings is 2. The van der Waals surface area contributed by atoms with Gasteiger partial charge in [-0.2, -0.15) is 0 Å². The molecule has 5 heteroatoms. The number of hydrogen-bond donors (Lipinski definition) is 0. The normalized spacial score (nSPS) is 10.3. The number of ether oxygens (including phenoxy) is 1. The fourth-order valence-corrected chi connectivity index (χ4v) is 1.74. The van der Waals surface area contributed by atoms with Crippen molar-refractivity contribution in [3.63, 3.8) is 0 Å². The lowest BCUT2D eigenvalue weighted by Gasteiger charge is -2.10. The van der Waals surface area contributed by atoms with Crippen molar-refractivity contribution >= 4 is 6.29 Å². The van der Waals surface area contributed by atoms with Crippen LogP contribution in [0.15, 0.2) is 30.3 Å². The molecule has 19 heavy (non-hydrogen) atoms. The first-order valence-corrected chi connectivity index (χ1v) is 5.35. The predicted molar refractivity (Wildman–Crippen MR) is 63.7 cm³/mol. The van der Waals surface area contributed by atoms with E-state index in [1.54, 1.807) is 0 Å². The van der Waals surface area contributed by atoms with Crippen LogP contribution in [0.1, 0.15) is 10.4 Å². The Kier molecular flexibility index (Phi) is 3.55. The molecule has 0 radical (unpaired) electrons. The summed E-state index contributed by atoms with van der Waals surface area (Å²) in [5, 5.41) is 0. The number of halogens is 3. The van der Waals surface area contributed by atoms with Gasteiger partial charge in [-0.3, -0.25) is 4.79 Å². The minimum absolute atomic E-state index is 0.167. The van der Waals surface area contributed by atoms with Crippen molar-refractivity contribution in [2.45, 2.75) is 0 Å². The molecule has 98 valence electrons. The second-order valence-electron chi connectivity index (χ2n) is 3.80. The summed E-state index contributed by atoms with van der Waals surface area (Å²) >= 11 is 0. The van der Waals surface area contributed by atoms with Crippen molar-refractivity contribution in [1.82, 2.24) is 0 Å². The van der Waals surface area contributed by atoms with Crippen LogP contribution in [0.4, 0.5) is 13.2 Å². The Hall–Kier alpha value is -2.30. The third-order valence-corrected chi connectivity index (χ3v) is 2.68. The van der Waals surface area contributed by atoms with E-state index in [-0.39, 0.29) is 22.4 Å². The molecular formula is C14H9F3O2. The average Bonchev–Trinajstić information content (AvgIpc) is 2.44. The first kappa shape index (κ1) is 13.1. The van der Waals surface area contributed by atoms with Crippen molar-refractivity contribution < 1.29 is 22.7 Å². The van der Waals surface area contributed by atoms with E-state index in [0.29, 0.717) is 6.29 Å². The van der Waals surface area contributed by atoms with Crippen molar-refractivity contribution in [2.75, 3.05) is 7.11 Å². The minimum Gasteiger partial charge on any atom is -0.496 e. The average molecular weight is 266 g/mol. The number of rotatable bonds is 3. The fourth-order valence-electron chi connectivity index (χ4n) is 1.74. The van der Waals surface area contributed by atoms with Gasteiger partial charge in [0.2, 0.25) is 0 Å². The van der Waals surface area contributed by atoms with Gasteiger partial charge in [0, 0.05) is 16.7 Å². The molecule has 0 saturated heterocycles. The van der Waals surface area contributed by atoms with Crippen LogP contribution in [0.25, 0.3) is 11.1 Å². The van der Waals surface area contributed by atoms with Crippen LogP contribution in [0.2, 0.25) is 0 Å². The van der Waals surface area contributed by atoms with Crippen LogP contribution in [-0.2, 0) is 0 Å². The van der Waals surface area contributed by atoms with Crippen LogP contribution in [0.5, 0.6) is 5.75 Å². The van der Waals surface area contributed by atoms with Gasteiger partial charge in [0.1, 0.15) is 12.0 Å². The molecule has 2 nitrogen and oxygen atoms in total. The zero-order valence-electron chi connectivity index (χ0n) is 9.91. The third-order valence-electron chi connectivity index (χ3n) is 2.68. The van der Waals surface area contributed by atoms with Crippen molar-refractivity contribution in [3.8, 4) is 16.9 Å². The van der Waals surface area contributed by atoms with E-state index in [1.165, 1.54) is 25.3 Å². The molecule has 2 aromatic carbocycles. The Labute approximate surface area is 107 Å². The highest BCUT2D eigenvalue weighted by atomic mass is 19.2. The van der Waals surface area contributed by atoms with Crippen LogP contribution >= 0.6 is 0 Å². The molecule has 2 rings (SSSR count). The Morgan fingerprint density at radius 2 is 1.74 bits per heavy atom. The summed E-state index contributed by atoms with van der Waals surface area (Å²) in [6.07, 6.45) is 0.570. The van der Waals surface area contributed by atoms with Gasteiger partial charge in [0.25, 0.3) is 0 Å². The molecule has 0 heterocycles. The standard InChI is InChI=1S/C14H9F3O2/c1-19-12-5-2-8(7-18)6-10(12)9-3-4-11(15)14(17)13(9)16/h2-7H,1H3. The second-order valence-corrected chi connectivity index (χ2v) is 3.80. The molecule has 0 bridgehead atoms. The predicted octanol–water partition coefficient (Wildman–Crippen LogP) is 3.59. The molecule has 0 saturated carbocycles. The monoisotopic (exact) mass is 266 g/mol. The van der Waals surface area contributed by atoms with Gasteiger partial charge in [-0.25, -0.2) is 13.2 Å². The van der Waals surface area contributed by atoms with E-state index in [4.69, 9.17) is 4.74 Å². The maximum atomic E-state index is 13.7. The van der Waals surface area contributed by atoms with Gasteiger partial charge in [-0.05, 0) is 30.3 Å². The molecule has 0 aliphatic carbocycles. The molecule has 0 aliphatic heterocycles. The van der Waals surface area contributed by atoms with Gasteiger partial charge in [0.15, 0.2) is 17.5 Å². The number of hydrogen-bond acceptors (Lipinski definition) is 2. The molecule has 0 amide bonds. The highest BCUT2D eigenvalue weighted by molar-refractivity contribution is 5.81. The van der Waals surface area contributed by atoms with E-state index < -0.39 is 17.5 Å². The fraction of sp³-hybridized carbons (Fsp3) is 0.0714. The van der Waals surface area contributed by atoms with Crippen LogP contribution < -0.4 is 4.74 Å². The Morgan fingerprint density at radius 1 is 1.00 bits per heavy atom. The summed E-state index contributed by atoms with van der Waals surface area (Å²) < 4.78 is 44.9. The van der Waals surface area contributed by atoms with E-state index in [2.05, 4.69) is 0 Å². The molecular weight excluding hydrogens is 257 g/mol. The maximum absolute atomic E-state index is 13.7. The summed E-state index contributed by atoms with van der Waals surface area (Å²) in [5.41, 5.74) is 0.294.